The van der Waals surface area contributed by atoms with Crippen molar-refractivity contribution in [3.05, 3.63) is 0 Å². The van der Waals surface area contributed by atoms with Crippen molar-refractivity contribution in [1.82, 2.24) is 5.32 Å². The monoisotopic (exact) mass is 273 g/mol. The van der Waals surface area contributed by atoms with E-state index in [0.717, 1.165) is 31.4 Å². The highest BCUT2D eigenvalue weighted by molar-refractivity contribution is 7.99. The lowest BCUT2D eigenvalue weighted by molar-refractivity contribution is -0.147. The van der Waals surface area contributed by atoms with E-state index in [1.54, 1.807) is 11.8 Å². The molecule has 1 saturated carbocycles. The first-order chi connectivity index (χ1) is 8.62. The second kappa shape index (κ2) is 5.93. The molecule has 0 spiro atoms. The molecular weight excluding hydrogens is 254 g/mol. The van der Waals surface area contributed by atoms with E-state index >= 15 is 0 Å². The second-order valence-corrected chi connectivity index (χ2v) is 6.06. The van der Waals surface area contributed by atoms with E-state index in [9.17, 15) is 14.7 Å². The lowest BCUT2D eigenvalue weighted by atomic mass is 9.99. The van der Waals surface area contributed by atoms with Crippen LogP contribution in [-0.4, -0.2) is 46.7 Å². The molecule has 5 nitrogen and oxygen atoms in total. The smallest absolute Gasteiger partial charge is 0.330 e. The highest BCUT2D eigenvalue weighted by atomic mass is 32.2. The summed E-state index contributed by atoms with van der Waals surface area (Å²) in [6, 6.07) is 0. The summed E-state index contributed by atoms with van der Waals surface area (Å²) in [5.41, 5.74) is -1.08. The van der Waals surface area contributed by atoms with Crippen molar-refractivity contribution in [2.24, 2.45) is 0 Å². The Bertz CT molecular complexity index is 322. The molecule has 18 heavy (non-hydrogen) atoms. The number of nitrogens with one attached hydrogen (secondary N) is 1. The van der Waals surface area contributed by atoms with Gasteiger partial charge in [-0.1, -0.05) is 12.8 Å². The van der Waals surface area contributed by atoms with Gasteiger partial charge in [-0.15, -0.1) is 0 Å². The fourth-order valence-corrected chi connectivity index (χ4v) is 3.76. The lowest BCUT2D eigenvalue weighted by Crippen LogP contribution is -2.55. The predicted octanol–water partition coefficient (Wildman–Crippen LogP) is 1.02. The predicted molar refractivity (Wildman–Crippen MR) is 68.7 cm³/mol. The highest BCUT2D eigenvalue weighted by Gasteiger charge is 2.43. The Morgan fingerprint density at radius 3 is 2.67 bits per heavy atom. The maximum atomic E-state index is 11.8. The quantitative estimate of drug-likeness (QED) is 0.782. The summed E-state index contributed by atoms with van der Waals surface area (Å²) < 4.78 is 5.49. The third-order valence-electron chi connectivity index (χ3n) is 3.56. The van der Waals surface area contributed by atoms with Gasteiger partial charge in [-0.25, -0.2) is 4.79 Å². The number of rotatable bonds is 5. The van der Waals surface area contributed by atoms with Crippen LogP contribution in [0.4, 0.5) is 0 Å². The average molecular weight is 273 g/mol. The minimum absolute atomic E-state index is 0.0234. The van der Waals surface area contributed by atoms with Gasteiger partial charge in [0, 0.05) is 5.75 Å². The molecule has 2 aliphatic rings. The normalized spacial score (nSPS) is 28.4. The summed E-state index contributed by atoms with van der Waals surface area (Å²) in [6.45, 7) is -0.0234. The van der Waals surface area contributed by atoms with Gasteiger partial charge in [0.05, 0.1) is 6.10 Å². The van der Waals surface area contributed by atoms with E-state index in [2.05, 4.69) is 5.32 Å². The second-order valence-electron chi connectivity index (χ2n) is 4.96. The van der Waals surface area contributed by atoms with E-state index in [1.807, 2.05) is 0 Å². The van der Waals surface area contributed by atoms with Gasteiger partial charge in [0.2, 0.25) is 5.91 Å². The Labute approximate surface area is 111 Å². The molecule has 2 fully saturated rings. The molecule has 1 atom stereocenters. The molecule has 0 aromatic heterocycles. The summed E-state index contributed by atoms with van der Waals surface area (Å²) in [5, 5.41) is 11.9. The standard InChI is InChI=1S/C12H19NO4S/c14-10(7-17-9-3-1-2-4-9)13-12(11(15)16)5-6-18-8-12/h9H,1-8H2,(H,13,14)(H,15,16). The van der Waals surface area contributed by atoms with Gasteiger partial charge < -0.3 is 15.2 Å². The average Bonchev–Trinajstić information content (AvgIpc) is 2.97. The van der Waals surface area contributed by atoms with Gasteiger partial charge in [-0.2, -0.15) is 11.8 Å². The molecular formula is C12H19NO4S. The molecule has 0 bridgehead atoms. The van der Waals surface area contributed by atoms with Gasteiger partial charge in [-0.05, 0) is 25.0 Å². The van der Waals surface area contributed by atoms with E-state index in [4.69, 9.17) is 4.74 Å². The number of thioether (sulfide) groups is 1. The van der Waals surface area contributed by atoms with Gasteiger partial charge >= 0.3 is 5.97 Å². The zero-order valence-electron chi connectivity index (χ0n) is 10.3. The summed E-state index contributed by atoms with van der Waals surface area (Å²) >= 11 is 1.56. The van der Waals surface area contributed by atoms with Crippen LogP contribution in [0, 0.1) is 0 Å². The first-order valence-corrected chi connectivity index (χ1v) is 7.52. The Balaban J connectivity index is 1.80. The van der Waals surface area contributed by atoms with E-state index in [0.29, 0.717) is 12.2 Å². The van der Waals surface area contributed by atoms with Crippen molar-refractivity contribution < 1.29 is 19.4 Å². The molecule has 1 aliphatic carbocycles. The summed E-state index contributed by atoms with van der Waals surface area (Å²) in [4.78, 5) is 23.0. The Hall–Kier alpha value is -0.750. The van der Waals surface area contributed by atoms with Crippen molar-refractivity contribution >= 4 is 23.6 Å². The van der Waals surface area contributed by atoms with Gasteiger partial charge in [-0.3, -0.25) is 4.79 Å². The minimum Gasteiger partial charge on any atom is -0.479 e. The molecule has 1 saturated heterocycles. The van der Waals surface area contributed by atoms with Gasteiger partial charge in [0.15, 0.2) is 0 Å². The molecule has 1 aliphatic heterocycles. The Kier molecular flexibility index (Phi) is 4.50. The van der Waals surface area contributed by atoms with Crippen LogP contribution in [-0.2, 0) is 14.3 Å². The maximum Gasteiger partial charge on any atom is 0.330 e. The van der Waals surface area contributed by atoms with Gasteiger partial charge in [0.25, 0.3) is 0 Å². The minimum atomic E-state index is -1.08. The van der Waals surface area contributed by atoms with Crippen LogP contribution in [0.25, 0.3) is 0 Å². The van der Waals surface area contributed by atoms with Crippen LogP contribution in [0.1, 0.15) is 32.1 Å². The molecule has 1 amide bonds. The molecule has 102 valence electrons. The molecule has 0 aromatic rings. The van der Waals surface area contributed by atoms with Crippen LogP contribution in [0.5, 0.6) is 0 Å². The van der Waals surface area contributed by atoms with Crippen LogP contribution < -0.4 is 5.32 Å². The Morgan fingerprint density at radius 1 is 1.39 bits per heavy atom. The fourth-order valence-electron chi connectivity index (χ4n) is 2.44. The number of carboxylic acid groups (broad SMARTS) is 1. The topological polar surface area (TPSA) is 75.6 Å². The lowest BCUT2D eigenvalue weighted by Gasteiger charge is -2.24. The number of ether oxygens (including phenoxy) is 1. The van der Waals surface area contributed by atoms with Gasteiger partial charge in [0.1, 0.15) is 12.1 Å². The van der Waals surface area contributed by atoms with Crippen molar-refractivity contribution in [1.29, 1.82) is 0 Å². The van der Waals surface area contributed by atoms with Crippen molar-refractivity contribution in [3.63, 3.8) is 0 Å². The SMILES string of the molecule is O=C(COC1CCCC1)NC1(C(=O)O)CCSC1. The van der Waals surface area contributed by atoms with E-state index < -0.39 is 11.5 Å². The third-order valence-corrected chi connectivity index (χ3v) is 4.75. The third kappa shape index (κ3) is 3.17. The molecule has 2 rings (SSSR count). The highest BCUT2D eigenvalue weighted by Crippen LogP contribution is 2.28. The number of aliphatic carboxylic acids is 1. The molecule has 2 N–H and O–H groups in total. The van der Waals surface area contributed by atoms with Crippen molar-refractivity contribution in [2.45, 2.75) is 43.7 Å². The van der Waals surface area contributed by atoms with E-state index in [-0.39, 0.29) is 18.6 Å². The maximum absolute atomic E-state index is 11.8. The van der Waals surface area contributed by atoms with Crippen molar-refractivity contribution in [3.8, 4) is 0 Å². The van der Waals surface area contributed by atoms with Crippen molar-refractivity contribution in [2.75, 3.05) is 18.1 Å². The molecule has 1 heterocycles. The first kappa shape index (κ1) is 13.7. The van der Waals surface area contributed by atoms with Crippen LogP contribution in [0.15, 0.2) is 0 Å². The number of hydrogen-bond acceptors (Lipinski definition) is 4. The zero-order chi connectivity index (χ0) is 13.0. The van der Waals surface area contributed by atoms with Crippen LogP contribution in [0.2, 0.25) is 0 Å². The number of amides is 1. The number of carbonyl (C=O) groups is 2. The van der Waals surface area contributed by atoms with E-state index in [1.165, 1.54) is 0 Å². The molecule has 0 aromatic carbocycles. The number of carbonyl (C=O) groups excluding carboxylic acids is 1. The number of carboxylic acids is 1. The fraction of sp³-hybridized carbons (Fsp3) is 0.833. The molecule has 0 radical (unpaired) electrons. The Morgan fingerprint density at radius 2 is 2.11 bits per heavy atom. The first-order valence-electron chi connectivity index (χ1n) is 6.36. The summed E-state index contributed by atoms with van der Waals surface area (Å²) in [6.07, 6.45) is 4.99. The summed E-state index contributed by atoms with van der Waals surface area (Å²) in [7, 11) is 0. The largest absolute Gasteiger partial charge is 0.479 e. The zero-order valence-corrected chi connectivity index (χ0v) is 11.1. The van der Waals surface area contributed by atoms with Crippen LogP contribution in [0.3, 0.4) is 0 Å². The summed E-state index contributed by atoms with van der Waals surface area (Å²) in [5.74, 6) is -0.0402. The molecule has 1 unspecified atom stereocenters. The van der Waals surface area contributed by atoms with Crippen LogP contribution >= 0.6 is 11.8 Å². The number of hydrogen-bond donors (Lipinski definition) is 2. The molecule has 6 heteroatoms.